The lowest BCUT2D eigenvalue weighted by atomic mass is 10.0. The second-order valence-electron chi connectivity index (χ2n) is 6.50. The van der Waals surface area contributed by atoms with E-state index in [9.17, 15) is 9.59 Å². The van der Waals surface area contributed by atoms with Crippen LogP contribution in [0.5, 0.6) is 0 Å². The number of hydrogen-bond donors (Lipinski definition) is 2. The smallest absolute Gasteiger partial charge is 0.244 e. The third kappa shape index (κ3) is 5.37. The molecule has 2 aromatic rings. The average Bonchev–Trinajstić information content (AvgIpc) is 3.07. The van der Waals surface area contributed by atoms with Crippen molar-refractivity contribution in [1.29, 1.82) is 0 Å². The Labute approximate surface area is 153 Å². The van der Waals surface area contributed by atoms with Crippen LogP contribution in [0.25, 0.3) is 11.4 Å². The Morgan fingerprint density at radius 2 is 1.85 bits per heavy atom. The number of tetrazole rings is 1. The summed E-state index contributed by atoms with van der Waals surface area (Å²) in [5.74, 6) is 0.357. The normalized spacial score (nSPS) is 12.0. The van der Waals surface area contributed by atoms with E-state index in [1.807, 2.05) is 31.2 Å². The van der Waals surface area contributed by atoms with Crippen LogP contribution in [0.3, 0.4) is 0 Å². The first-order valence-corrected chi connectivity index (χ1v) is 8.86. The average molecular weight is 358 g/mol. The second-order valence-corrected chi connectivity index (χ2v) is 6.50. The zero-order chi connectivity index (χ0) is 19.1. The van der Waals surface area contributed by atoms with Crippen molar-refractivity contribution in [3.8, 4) is 11.4 Å². The molecule has 1 aromatic carbocycles. The fourth-order valence-corrected chi connectivity index (χ4v) is 2.33. The molecule has 0 aliphatic rings. The molecule has 2 rings (SSSR count). The molecule has 8 heteroatoms. The summed E-state index contributed by atoms with van der Waals surface area (Å²) in [4.78, 5) is 25.0. The molecule has 0 radical (unpaired) electrons. The van der Waals surface area contributed by atoms with Gasteiger partial charge in [-0.1, -0.05) is 45.0 Å². The number of aromatic nitrogens is 4. The van der Waals surface area contributed by atoms with Crippen LogP contribution in [-0.4, -0.2) is 44.6 Å². The van der Waals surface area contributed by atoms with E-state index in [1.165, 1.54) is 10.4 Å². The highest BCUT2D eigenvalue weighted by Gasteiger charge is 2.16. The molecule has 0 aliphatic heterocycles. The highest BCUT2D eigenvalue weighted by Crippen LogP contribution is 2.19. The van der Waals surface area contributed by atoms with E-state index in [1.54, 1.807) is 6.92 Å². The molecule has 2 N–H and O–H groups in total. The number of amides is 2. The van der Waals surface area contributed by atoms with Crippen LogP contribution in [0, 0.1) is 0 Å². The van der Waals surface area contributed by atoms with E-state index in [2.05, 4.69) is 39.9 Å². The minimum absolute atomic E-state index is 0.0948. The molecule has 0 bridgehead atoms. The summed E-state index contributed by atoms with van der Waals surface area (Å²) in [7, 11) is 0. The van der Waals surface area contributed by atoms with Crippen LogP contribution < -0.4 is 10.6 Å². The van der Waals surface area contributed by atoms with Crippen molar-refractivity contribution in [2.24, 2.45) is 0 Å². The highest BCUT2D eigenvalue weighted by atomic mass is 16.2. The second kappa shape index (κ2) is 9.07. The number of benzene rings is 1. The van der Waals surface area contributed by atoms with E-state index in [-0.39, 0.29) is 18.4 Å². The predicted octanol–water partition coefficient (Wildman–Crippen LogP) is 1.49. The standard InChI is InChI=1S/C18H26N6O2/c1-5-10-19-18(26)13(4)20-16(25)11-24-22-17(21-23-24)15-8-6-14(7-9-15)12(2)3/h6-9,12-13H,5,10-11H2,1-4H3,(H,19,26)(H,20,25). The quantitative estimate of drug-likeness (QED) is 0.744. The van der Waals surface area contributed by atoms with E-state index in [0.717, 1.165) is 12.0 Å². The number of carbonyl (C=O) groups excluding carboxylic acids is 2. The van der Waals surface area contributed by atoms with Gasteiger partial charge in [0.05, 0.1) is 0 Å². The first kappa shape index (κ1) is 19.6. The van der Waals surface area contributed by atoms with Crippen LogP contribution in [0.4, 0.5) is 0 Å². The third-order valence-electron chi connectivity index (χ3n) is 3.89. The number of nitrogens with zero attached hydrogens (tertiary/aromatic N) is 4. The molecule has 0 saturated carbocycles. The van der Waals surface area contributed by atoms with Gasteiger partial charge in [-0.3, -0.25) is 9.59 Å². The number of hydrogen-bond acceptors (Lipinski definition) is 5. The molecular formula is C18H26N6O2. The molecule has 8 nitrogen and oxygen atoms in total. The summed E-state index contributed by atoms with van der Waals surface area (Å²) in [5, 5.41) is 17.5. The molecule has 1 heterocycles. The molecule has 26 heavy (non-hydrogen) atoms. The molecular weight excluding hydrogens is 332 g/mol. The van der Waals surface area contributed by atoms with Gasteiger partial charge in [0.25, 0.3) is 0 Å². The van der Waals surface area contributed by atoms with E-state index < -0.39 is 6.04 Å². The van der Waals surface area contributed by atoms with Gasteiger partial charge < -0.3 is 10.6 Å². The largest absolute Gasteiger partial charge is 0.354 e. The maximum Gasteiger partial charge on any atom is 0.244 e. The van der Waals surface area contributed by atoms with Crippen molar-refractivity contribution < 1.29 is 9.59 Å². The molecule has 1 unspecified atom stereocenters. The van der Waals surface area contributed by atoms with Crippen LogP contribution in [0.15, 0.2) is 24.3 Å². The summed E-state index contributed by atoms with van der Waals surface area (Å²) in [6.45, 7) is 8.36. The van der Waals surface area contributed by atoms with Gasteiger partial charge in [-0.25, -0.2) is 0 Å². The van der Waals surface area contributed by atoms with Crippen molar-refractivity contribution in [2.75, 3.05) is 6.54 Å². The SMILES string of the molecule is CCCNC(=O)C(C)NC(=O)Cn1nnc(-c2ccc(C(C)C)cc2)n1. The fourth-order valence-electron chi connectivity index (χ4n) is 2.33. The van der Waals surface area contributed by atoms with Crippen LogP contribution in [0.2, 0.25) is 0 Å². The predicted molar refractivity (Wildman–Crippen MR) is 98.2 cm³/mol. The minimum Gasteiger partial charge on any atom is -0.354 e. The van der Waals surface area contributed by atoms with Crippen LogP contribution >= 0.6 is 0 Å². The monoisotopic (exact) mass is 358 g/mol. The summed E-state index contributed by atoms with van der Waals surface area (Å²) >= 11 is 0. The minimum atomic E-state index is -0.611. The first-order chi connectivity index (χ1) is 12.4. The highest BCUT2D eigenvalue weighted by molar-refractivity contribution is 5.87. The topological polar surface area (TPSA) is 102 Å². The molecule has 0 saturated heterocycles. The summed E-state index contributed by atoms with van der Waals surface area (Å²) in [6, 6.07) is 7.34. The van der Waals surface area contributed by atoms with Crippen molar-refractivity contribution >= 4 is 11.8 Å². The zero-order valence-electron chi connectivity index (χ0n) is 15.7. The Balaban J connectivity index is 1.93. The lowest BCUT2D eigenvalue weighted by Gasteiger charge is -2.13. The lowest BCUT2D eigenvalue weighted by Crippen LogP contribution is -2.46. The van der Waals surface area contributed by atoms with Crippen molar-refractivity contribution in [3.05, 3.63) is 29.8 Å². The van der Waals surface area contributed by atoms with E-state index in [4.69, 9.17) is 0 Å². The maximum absolute atomic E-state index is 12.0. The van der Waals surface area contributed by atoms with Gasteiger partial charge in [-0.2, -0.15) is 4.80 Å². The molecule has 0 aliphatic carbocycles. The first-order valence-electron chi connectivity index (χ1n) is 8.86. The summed E-state index contributed by atoms with van der Waals surface area (Å²) in [5.41, 5.74) is 2.07. The molecule has 140 valence electrons. The van der Waals surface area contributed by atoms with Gasteiger partial charge in [0, 0.05) is 12.1 Å². The zero-order valence-corrected chi connectivity index (χ0v) is 15.7. The third-order valence-corrected chi connectivity index (χ3v) is 3.89. The Morgan fingerprint density at radius 3 is 2.46 bits per heavy atom. The molecule has 2 amide bonds. The Hall–Kier alpha value is -2.77. The maximum atomic E-state index is 12.0. The summed E-state index contributed by atoms with van der Waals surface area (Å²) < 4.78 is 0. The molecule has 0 fully saturated rings. The molecule has 1 atom stereocenters. The number of nitrogens with one attached hydrogen (secondary N) is 2. The number of rotatable bonds is 8. The van der Waals surface area contributed by atoms with E-state index >= 15 is 0 Å². The van der Waals surface area contributed by atoms with Gasteiger partial charge in [-0.15, -0.1) is 10.2 Å². The van der Waals surface area contributed by atoms with Crippen molar-refractivity contribution in [3.63, 3.8) is 0 Å². The van der Waals surface area contributed by atoms with Gasteiger partial charge in [0.15, 0.2) is 0 Å². The van der Waals surface area contributed by atoms with Crippen LogP contribution in [0.1, 0.15) is 45.6 Å². The lowest BCUT2D eigenvalue weighted by molar-refractivity contribution is -0.129. The van der Waals surface area contributed by atoms with Gasteiger partial charge in [-0.05, 0) is 30.0 Å². The summed E-state index contributed by atoms with van der Waals surface area (Å²) in [6.07, 6.45) is 0.843. The number of carbonyl (C=O) groups is 2. The van der Waals surface area contributed by atoms with Crippen LogP contribution in [-0.2, 0) is 16.1 Å². The Kier molecular flexibility index (Phi) is 6.82. The fraction of sp³-hybridized carbons (Fsp3) is 0.500. The van der Waals surface area contributed by atoms with Crippen molar-refractivity contribution in [1.82, 2.24) is 30.8 Å². The Bertz CT molecular complexity index is 738. The molecule has 1 aromatic heterocycles. The van der Waals surface area contributed by atoms with E-state index in [0.29, 0.717) is 18.3 Å². The van der Waals surface area contributed by atoms with Gasteiger partial charge in [0.1, 0.15) is 12.6 Å². The Morgan fingerprint density at radius 1 is 1.15 bits per heavy atom. The van der Waals surface area contributed by atoms with Gasteiger partial charge in [0.2, 0.25) is 17.6 Å². The molecule has 0 spiro atoms. The van der Waals surface area contributed by atoms with Gasteiger partial charge >= 0.3 is 0 Å². The van der Waals surface area contributed by atoms with Crippen molar-refractivity contribution in [2.45, 2.75) is 52.6 Å².